The van der Waals surface area contributed by atoms with E-state index in [1.807, 2.05) is 60.7 Å². The molecule has 1 saturated heterocycles. The summed E-state index contributed by atoms with van der Waals surface area (Å²) in [5, 5.41) is 5.92. The Morgan fingerprint density at radius 2 is 1.34 bits per heavy atom. The van der Waals surface area contributed by atoms with Gasteiger partial charge in [0, 0.05) is 50.6 Å². The van der Waals surface area contributed by atoms with Crippen LogP contribution >= 0.6 is 0 Å². The summed E-state index contributed by atoms with van der Waals surface area (Å²) in [5.74, 6) is 2.20. The zero-order valence-electron chi connectivity index (χ0n) is 23.5. The highest BCUT2D eigenvalue weighted by Crippen LogP contribution is 2.29. The first-order valence-electron chi connectivity index (χ1n) is 14.7. The SMILES string of the molecule is O=C(Nc1ccc(Oc2ccccc2)cc1)Nc1ccc2c(c1)CCC(CN1CCN(Cc3ccccc3)CC1)C2. The molecule has 210 valence electrons. The lowest BCUT2D eigenvalue weighted by atomic mass is 9.83. The number of anilines is 2. The number of carbonyl (C=O) groups excluding carboxylic acids is 1. The summed E-state index contributed by atoms with van der Waals surface area (Å²) in [7, 11) is 0. The molecule has 4 aromatic carbocycles. The first-order valence-corrected chi connectivity index (χ1v) is 14.7. The van der Waals surface area contributed by atoms with Crippen molar-refractivity contribution < 1.29 is 9.53 Å². The molecule has 1 unspecified atom stereocenters. The zero-order chi connectivity index (χ0) is 27.9. The van der Waals surface area contributed by atoms with Crippen LogP contribution in [0.1, 0.15) is 23.1 Å². The Kier molecular flexibility index (Phi) is 8.60. The minimum atomic E-state index is -0.248. The largest absolute Gasteiger partial charge is 0.457 e. The van der Waals surface area contributed by atoms with E-state index in [9.17, 15) is 4.79 Å². The molecule has 6 nitrogen and oxygen atoms in total. The molecule has 1 fully saturated rings. The Morgan fingerprint density at radius 1 is 0.707 bits per heavy atom. The van der Waals surface area contributed by atoms with Gasteiger partial charge in [0.2, 0.25) is 0 Å². The average molecular weight is 547 g/mol. The monoisotopic (exact) mass is 546 g/mol. The molecule has 1 heterocycles. The highest BCUT2D eigenvalue weighted by atomic mass is 16.5. The van der Waals surface area contributed by atoms with Gasteiger partial charge in [0.15, 0.2) is 0 Å². The Balaban J connectivity index is 0.951. The van der Waals surface area contributed by atoms with Crippen LogP contribution in [0, 0.1) is 5.92 Å². The lowest BCUT2D eigenvalue weighted by molar-refractivity contribution is 0.110. The minimum absolute atomic E-state index is 0.248. The van der Waals surface area contributed by atoms with Crippen LogP contribution in [-0.4, -0.2) is 48.6 Å². The maximum atomic E-state index is 12.7. The van der Waals surface area contributed by atoms with Crippen molar-refractivity contribution in [2.45, 2.75) is 25.8 Å². The molecule has 0 radical (unpaired) electrons. The van der Waals surface area contributed by atoms with Crippen LogP contribution < -0.4 is 15.4 Å². The van der Waals surface area contributed by atoms with Gasteiger partial charge in [0.05, 0.1) is 0 Å². The number of amides is 2. The molecule has 0 saturated carbocycles. The number of fused-ring (bicyclic) bond motifs is 1. The summed E-state index contributed by atoms with van der Waals surface area (Å²) in [4.78, 5) is 17.9. The molecule has 1 atom stereocenters. The van der Waals surface area contributed by atoms with E-state index in [0.29, 0.717) is 11.6 Å². The number of hydrogen-bond donors (Lipinski definition) is 2. The highest BCUT2D eigenvalue weighted by molar-refractivity contribution is 5.99. The van der Waals surface area contributed by atoms with Gasteiger partial charge in [-0.3, -0.25) is 4.90 Å². The smallest absolute Gasteiger partial charge is 0.323 e. The predicted molar refractivity (Wildman–Crippen MR) is 166 cm³/mol. The molecule has 0 spiro atoms. The summed E-state index contributed by atoms with van der Waals surface area (Å²) >= 11 is 0. The number of benzene rings is 4. The summed E-state index contributed by atoms with van der Waals surface area (Å²) in [5.41, 5.74) is 5.72. The van der Waals surface area contributed by atoms with Gasteiger partial charge in [0.25, 0.3) is 0 Å². The van der Waals surface area contributed by atoms with E-state index in [-0.39, 0.29) is 6.03 Å². The van der Waals surface area contributed by atoms with Gasteiger partial charge in [-0.25, -0.2) is 4.79 Å². The highest BCUT2D eigenvalue weighted by Gasteiger charge is 2.24. The topological polar surface area (TPSA) is 56.8 Å². The van der Waals surface area contributed by atoms with Crippen molar-refractivity contribution in [1.29, 1.82) is 0 Å². The van der Waals surface area contributed by atoms with Crippen LogP contribution in [0.15, 0.2) is 103 Å². The standard InChI is InChI=1S/C35H38N4O2/c40-35(36-31-15-17-34(18-16-31)41-33-9-5-2-6-10-33)37-32-14-13-29-23-28(11-12-30(29)24-32)26-39-21-19-38(20-22-39)25-27-7-3-1-4-8-27/h1-10,13-18,24,28H,11-12,19-23,25-26H2,(H2,36,37,40). The molecule has 6 rings (SSSR count). The van der Waals surface area contributed by atoms with E-state index >= 15 is 0 Å². The summed E-state index contributed by atoms with van der Waals surface area (Å²) < 4.78 is 5.83. The molecule has 2 N–H and O–H groups in total. The van der Waals surface area contributed by atoms with Gasteiger partial charge >= 0.3 is 6.03 Å². The summed E-state index contributed by atoms with van der Waals surface area (Å²) in [6, 6.07) is 33.9. The molecular weight excluding hydrogens is 508 g/mol. The Labute approximate surface area is 242 Å². The van der Waals surface area contributed by atoms with E-state index in [0.717, 1.165) is 62.8 Å². The van der Waals surface area contributed by atoms with Gasteiger partial charge in [-0.1, -0.05) is 54.6 Å². The Bertz CT molecular complexity index is 1420. The molecule has 1 aliphatic heterocycles. The Hall–Kier alpha value is -4.13. The number of urea groups is 1. The number of piperazine rings is 1. The van der Waals surface area contributed by atoms with Gasteiger partial charge < -0.3 is 20.3 Å². The number of ether oxygens (including phenoxy) is 1. The second-order valence-electron chi connectivity index (χ2n) is 11.2. The number of rotatable bonds is 8. The van der Waals surface area contributed by atoms with Crippen LogP contribution in [0.5, 0.6) is 11.5 Å². The third-order valence-corrected chi connectivity index (χ3v) is 8.12. The zero-order valence-corrected chi connectivity index (χ0v) is 23.5. The first kappa shape index (κ1) is 27.1. The lowest BCUT2D eigenvalue weighted by Crippen LogP contribution is -2.47. The molecule has 41 heavy (non-hydrogen) atoms. The molecule has 1 aliphatic carbocycles. The van der Waals surface area contributed by atoms with Gasteiger partial charge in [-0.15, -0.1) is 0 Å². The fraction of sp³-hybridized carbons (Fsp3) is 0.286. The molecule has 0 aromatic heterocycles. The lowest BCUT2D eigenvalue weighted by Gasteiger charge is -2.37. The van der Waals surface area contributed by atoms with Gasteiger partial charge in [-0.2, -0.15) is 0 Å². The van der Waals surface area contributed by atoms with Crippen molar-refractivity contribution >= 4 is 17.4 Å². The van der Waals surface area contributed by atoms with Crippen molar-refractivity contribution in [3.8, 4) is 11.5 Å². The molecule has 2 amide bonds. The second kappa shape index (κ2) is 13.0. The number of hydrogen-bond acceptors (Lipinski definition) is 4. The van der Waals surface area contributed by atoms with Crippen molar-refractivity contribution in [2.75, 3.05) is 43.4 Å². The van der Waals surface area contributed by atoms with E-state index in [2.05, 4.69) is 62.9 Å². The quantitative estimate of drug-likeness (QED) is 0.249. The van der Waals surface area contributed by atoms with E-state index in [4.69, 9.17) is 4.74 Å². The van der Waals surface area contributed by atoms with Crippen LogP contribution in [-0.2, 0) is 19.4 Å². The predicted octanol–water partition coefficient (Wildman–Crippen LogP) is 7.05. The average Bonchev–Trinajstić information content (AvgIpc) is 3.00. The molecular formula is C35H38N4O2. The molecule has 4 aromatic rings. The van der Waals surface area contributed by atoms with Crippen LogP contribution in [0.4, 0.5) is 16.2 Å². The maximum Gasteiger partial charge on any atom is 0.323 e. The molecule has 6 heteroatoms. The number of nitrogens with zero attached hydrogens (tertiary/aromatic N) is 2. The number of para-hydroxylation sites is 1. The minimum Gasteiger partial charge on any atom is -0.457 e. The third kappa shape index (κ3) is 7.54. The second-order valence-corrected chi connectivity index (χ2v) is 11.2. The van der Waals surface area contributed by atoms with Crippen molar-refractivity contribution in [3.63, 3.8) is 0 Å². The van der Waals surface area contributed by atoms with Crippen LogP contribution in [0.25, 0.3) is 0 Å². The van der Waals surface area contributed by atoms with Crippen LogP contribution in [0.2, 0.25) is 0 Å². The van der Waals surface area contributed by atoms with E-state index in [1.54, 1.807) is 0 Å². The summed E-state index contributed by atoms with van der Waals surface area (Å²) in [6.07, 6.45) is 3.38. The number of nitrogens with one attached hydrogen (secondary N) is 2. The van der Waals surface area contributed by atoms with E-state index < -0.39 is 0 Å². The number of carbonyl (C=O) groups is 1. The normalized spacial score (nSPS) is 17.4. The molecule has 0 bridgehead atoms. The fourth-order valence-corrected chi connectivity index (χ4v) is 5.93. The number of aryl methyl sites for hydroxylation is 1. The van der Waals surface area contributed by atoms with E-state index in [1.165, 1.54) is 29.7 Å². The van der Waals surface area contributed by atoms with Crippen molar-refractivity contribution in [3.05, 3.63) is 120 Å². The van der Waals surface area contributed by atoms with Crippen molar-refractivity contribution in [1.82, 2.24) is 9.80 Å². The molecule has 2 aliphatic rings. The van der Waals surface area contributed by atoms with Gasteiger partial charge in [-0.05, 0) is 90.4 Å². The third-order valence-electron chi connectivity index (χ3n) is 8.12. The fourth-order valence-electron chi connectivity index (χ4n) is 5.93. The van der Waals surface area contributed by atoms with Crippen LogP contribution in [0.3, 0.4) is 0 Å². The summed E-state index contributed by atoms with van der Waals surface area (Å²) in [6.45, 7) is 6.81. The Morgan fingerprint density at radius 3 is 2.10 bits per heavy atom. The van der Waals surface area contributed by atoms with Gasteiger partial charge in [0.1, 0.15) is 11.5 Å². The van der Waals surface area contributed by atoms with Crippen molar-refractivity contribution in [2.24, 2.45) is 5.92 Å². The maximum absolute atomic E-state index is 12.7. The first-order chi connectivity index (χ1) is 20.2.